The number of rotatable bonds is 16. The van der Waals surface area contributed by atoms with Gasteiger partial charge < -0.3 is 10.5 Å². The van der Waals surface area contributed by atoms with Gasteiger partial charge in [-0.25, -0.2) is 4.79 Å². The van der Waals surface area contributed by atoms with E-state index in [-0.39, 0.29) is 29.6 Å². The maximum atomic E-state index is 11.4. The van der Waals surface area contributed by atoms with Crippen LogP contribution in [0.2, 0.25) is 0 Å². The molecule has 0 aliphatic heterocycles. The van der Waals surface area contributed by atoms with E-state index < -0.39 is 18.0 Å². The van der Waals surface area contributed by atoms with Crippen molar-refractivity contribution >= 4 is 41.5 Å². The summed E-state index contributed by atoms with van der Waals surface area (Å²) in [6, 6.07) is -0.738. The number of nitrogens with two attached hydrogens (primary N) is 1. The van der Waals surface area contributed by atoms with Gasteiger partial charge in [0.25, 0.3) is 0 Å². The van der Waals surface area contributed by atoms with Crippen molar-refractivity contribution in [3.63, 3.8) is 0 Å². The topological polar surface area (TPSA) is 69.4 Å². The Morgan fingerprint density at radius 2 is 1.31 bits per heavy atom. The molecule has 0 amide bonds. The summed E-state index contributed by atoms with van der Waals surface area (Å²) in [4.78, 5) is 22.5. The van der Waals surface area contributed by atoms with E-state index in [0.29, 0.717) is 6.42 Å². The molecule has 0 saturated carbocycles. The average molecular weight is 378 g/mol. The van der Waals surface area contributed by atoms with Gasteiger partial charge in [-0.2, -0.15) is 0 Å². The first kappa shape index (κ1) is 28.1. The predicted octanol–water partition coefficient (Wildman–Crippen LogP) is 4.79. The molecule has 0 rings (SSSR count). The van der Waals surface area contributed by atoms with Crippen LogP contribution in [0.5, 0.6) is 0 Å². The Hall–Kier alpha value is -0.160. The second-order valence-corrected chi connectivity index (χ2v) is 6.92. The Labute approximate surface area is 183 Å². The van der Waals surface area contributed by atoms with Crippen LogP contribution in [-0.4, -0.2) is 47.5 Å². The molecule has 0 saturated heterocycles. The Balaban J connectivity index is 0. The van der Waals surface area contributed by atoms with Crippen molar-refractivity contribution in [2.75, 3.05) is 0 Å². The first-order chi connectivity index (χ1) is 12.1. The van der Waals surface area contributed by atoms with Crippen LogP contribution >= 0.6 is 0 Å². The minimum absolute atomic E-state index is 0. The number of hydrogen-bond donors (Lipinski definition) is 1. The molecule has 0 aromatic heterocycles. The molecule has 148 valence electrons. The number of allylic oxidation sites excluding steroid dienone is 2. The van der Waals surface area contributed by atoms with E-state index in [1.165, 1.54) is 64.7 Å². The molecule has 0 bridgehead atoms. The molecular formula is C21H40NNaO3. The minimum atomic E-state index is -0.738. The van der Waals surface area contributed by atoms with Crippen LogP contribution in [0.4, 0.5) is 0 Å². The molecule has 0 aromatic carbocycles. The molecule has 26 heavy (non-hydrogen) atoms. The van der Waals surface area contributed by atoms with Gasteiger partial charge in [-0.15, -0.1) is 0 Å². The molecule has 0 spiro atoms. The van der Waals surface area contributed by atoms with Gasteiger partial charge in [-0.05, 0) is 39.0 Å². The van der Waals surface area contributed by atoms with Crippen molar-refractivity contribution in [2.24, 2.45) is 5.73 Å². The van der Waals surface area contributed by atoms with Crippen LogP contribution in [0.3, 0.4) is 0 Å². The van der Waals surface area contributed by atoms with Gasteiger partial charge in [0.05, 0.1) is 0 Å². The monoisotopic (exact) mass is 377 g/mol. The average Bonchev–Trinajstić information content (AvgIpc) is 2.58. The van der Waals surface area contributed by atoms with Crippen LogP contribution in [0.1, 0.15) is 104 Å². The van der Waals surface area contributed by atoms with Crippen LogP contribution in [0.25, 0.3) is 0 Å². The van der Waals surface area contributed by atoms with Gasteiger partial charge in [-0.1, -0.05) is 70.4 Å². The van der Waals surface area contributed by atoms with E-state index in [1.54, 1.807) is 0 Å². The van der Waals surface area contributed by atoms with Gasteiger partial charge in [0.15, 0.2) is 0 Å². The summed E-state index contributed by atoms with van der Waals surface area (Å²) in [5, 5.41) is 0. The van der Waals surface area contributed by atoms with Crippen molar-refractivity contribution in [3.05, 3.63) is 12.2 Å². The quantitative estimate of drug-likeness (QED) is 0.138. The molecule has 2 N–H and O–H groups in total. The fourth-order valence-electron chi connectivity index (χ4n) is 2.60. The van der Waals surface area contributed by atoms with Crippen molar-refractivity contribution in [1.29, 1.82) is 0 Å². The summed E-state index contributed by atoms with van der Waals surface area (Å²) < 4.78 is 4.62. The second kappa shape index (κ2) is 21.1. The Bertz CT molecular complexity index is 370. The third-order valence-corrected chi connectivity index (χ3v) is 4.23. The maximum absolute atomic E-state index is 11.4. The summed E-state index contributed by atoms with van der Waals surface area (Å²) in [6.45, 7) is 3.76. The van der Waals surface area contributed by atoms with Gasteiger partial charge in [0.1, 0.15) is 6.04 Å². The van der Waals surface area contributed by atoms with Crippen LogP contribution in [0, 0.1) is 0 Å². The van der Waals surface area contributed by atoms with Crippen molar-refractivity contribution in [1.82, 2.24) is 0 Å². The number of ether oxygens (including phenoxy) is 1. The summed E-state index contributed by atoms with van der Waals surface area (Å²) in [6.07, 6.45) is 20.8. The number of esters is 2. The van der Waals surface area contributed by atoms with Gasteiger partial charge in [-0.3, -0.25) is 4.79 Å². The summed E-state index contributed by atoms with van der Waals surface area (Å²) in [5.41, 5.74) is 5.34. The van der Waals surface area contributed by atoms with Crippen LogP contribution < -0.4 is 5.73 Å². The zero-order valence-corrected chi connectivity index (χ0v) is 16.4. The molecule has 0 radical (unpaired) electrons. The first-order valence-corrected chi connectivity index (χ1v) is 10.2. The number of carbonyl (C=O) groups is 2. The van der Waals surface area contributed by atoms with E-state index in [1.807, 2.05) is 0 Å². The van der Waals surface area contributed by atoms with Crippen LogP contribution in [-0.2, 0) is 14.3 Å². The fourth-order valence-corrected chi connectivity index (χ4v) is 2.60. The molecule has 0 aliphatic rings. The standard InChI is InChI=1S/C21H39NO3.Na.H/c1-3-4-5-6-7-8-9-10-11-12-13-14-15-16-17-18-20(23)25-21(24)19(2)22;;/h10-11,19H,3-9,12-18,22H2,1-2H3;;/b11-10-;;/t19-;;/m0../s1. The number of hydrogen-bond acceptors (Lipinski definition) is 4. The molecule has 1 atom stereocenters. The molecule has 0 aliphatic carbocycles. The third-order valence-electron chi connectivity index (χ3n) is 4.23. The van der Waals surface area contributed by atoms with Gasteiger partial charge >= 0.3 is 41.5 Å². The fraction of sp³-hybridized carbons (Fsp3) is 0.810. The molecule has 5 heteroatoms. The zero-order chi connectivity index (χ0) is 18.8. The number of unbranched alkanes of at least 4 members (excludes halogenated alkanes) is 11. The second-order valence-electron chi connectivity index (χ2n) is 6.92. The molecule has 0 aromatic rings. The summed E-state index contributed by atoms with van der Waals surface area (Å²) in [5.74, 6) is -1.10. The SMILES string of the molecule is CCCCCCCC/C=C\CCCCCCCC(=O)OC(=O)[C@H](C)N.[NaH]. The van der Waals surface area contributed by atoms with E-state index in [0.717, 1.165) is 25.7 Å². The first-order valence-electron chi connectivity index (χ1n) is 10.2. The summed E-state index contributed by atoms with van der Waals surface area (Å²) >= 11 is 0. The molecule has 0 unspecified atom stereocenters. The van der Waals surface area contributed by atoms with E-state index in [2.05, 4.69) is 23.8 Å². The van der Waals surface area contributed by atoms with Gasteiger partial charge in [0.2, 0.25) is 0 Å². The van der Waals surface area contributed by atoms with E-state index in [4.69, 9.17) is 5.73 Å². The number of carbonyl (C=O) groups excluding carboxylic acids is 2. The zero-order valence-electron chi connectivity index (χ0n) is 16.4. The van der Waals surface area contributed by atoms with Crippen molar-refractivity contribution in [3.8, 4) is 0 Å². The third kappa shape index (κ3) is 20.2. The Kier molecular flexibility index (Phi) is 22.8. The Morgan fingerprint density at radius 1 is 0.846 bits per heavy atom. The predicted molar refractivity (Wildman–Crippen MR) is 111 cm³/mol. The summed E-state index contributed by atoms with van der Waals surface area (Å²) in [7, 11) is 0. The molecular weight excluding hydrogens is 337 g/mol. The molecule has 0 heterocycles. The van der Waals surface area contributed by atoms with Crippen LogP contribution in [0.15, 0.2) is 12.2 Å². The van der Waals surface area contributed by atoms with Crippen molar-refractivity contribution < 1.29 is 14.3 Å². The van der Waals surface area contributed by atoms with Crippen molar-refractivity contribution in [2.45, 2.75) is 110 Å². The molecule has 0 fully saturated rings. The Morgan fingerprint density at radius 3 is 1.81 bits per heavy atom. The molecule has 4 nitrogen and oxygen atoms in total. The normalized spacial score (nSPS) is 12.0. The van der Waals surface area contributed by atoms with E-state index >= 15 is 0 Å². The van der Waals surface area contributed by atoms with Gasteiger partial charge in [0, 0.05) is 6.42 Å². The van der Waals surface area contributed by atoms with E-state index in [9.17, 15) is 9.59 Å².